The van der Waals surface area contributed by atoms with E-state index in [2.05, 4.69) is 340 Å². The molecule has 0 saturated carbocycles. The van der Waals surface area contributed by atoms with Crippen LogP contribution in [0.3, 0.4) is 0 Å². The van der Waals surface area contributed by atoms with Crippen LogP contribution in [0.25, 0.3) is 9.69 Å². The molecule has 0 fully saturated rings. The first-order chi connectivity index (χ1) is 59.7. The van der Waals surface area contributed by atoms with E-state index in [9.17, 15) is 8.78 Å². The predicted molar refractivity (Wildman–Crippen MR) is 556 cm³/mol. The fraction of sp³-hybridized carbons (Fsp3) is 0.402. The number of hydrogen-bond acceptors (Lipinski definition) is 13. The second-order valence-corrected chi connectivity index (χ2v) is 41.0. The molecule has 11 aromatic heterocycles. The average molecular weight is 1850 g/mol. The highest BCUT2D eigenvalue weighted by Crippen LogP contribution is 2.31. The van der Waals surface area contributed by atoms with Crippen molar-refractivity contribution in [3.8, 4) is 0 Å². The van der Waals surface area contributed by atoms with Crippen molar-refractivity contribution < 1.29 is 8.78 Å². The molecule has 0 aliphatic rings. The Hall–Kier alpha value is -8.79. The van der Waals surface area contributed by atoms with Crippen LogP contribution < -0.4 is 0 Å². The van der Waals surface area contributed by atoms with E-state index in [4.69, 9.17) is 24.7 Å². The first-order valence-electron chi connectivity index (χ1n) is 43.5. The standard InChI is InChI=1S/C10H11N.C9H11F.C9H12.C8H9NS.2C8H11N.C8H12S.C7H9ClS.C7H9FS.C7H10N2.C7H11N.C7H10S.2C6H9NS/c1-8(2)9-5-4-6-10(7-9)11-3;1-7(2)8-4-3-5-9(10)6-8;1-8(2)9-6-4-3-5-7-9;1-6(2)7-4-5-8(9-3)10-7;1-7(2)8-4-3-5-9-6-8;1-7(2)8-5-3-4-6-9-8;1-6(2)8-5-4-7(3)9-8;2*1-5(2)6-3-4-7(8)9-6;1-6(2)7-8-4-3-5-9-7;1-7(2)8-5-3-4-6-8;1-6(2)7-4-3-5-8-7;1-5(2)6-3-8-4-7-6;1-5(2)6-3-4-8-7-6/h4-8H,1-2H3;3-7H,1-2H3;3-8H,1-2H3;4-6H,1-2H3;2*3-7H,1-2H3;4-6H,1-3H3;2*3-5H,1-2H3;3-6H,1-2H3;3-7H,1-2H3;3-6H,1-2H3;2*3-5H,1-2H3. The van der Waals surface area contributed by atoms with E-state index in [1.165, 1.54) is 87.5 Å². The Morgan fingerprint density at radius 1 is 0.365 bits per heavy atom. The van der Waals surface area contributed by atoms with Crippen LogP contribution in [-0.4, -0.2) is 33.9 Å². The fourth-order valence-electron chi connectivity index (χ4n) is 9.79. The summed E-state index contributed by atoms with van der Waals surface area (Å²) in [5.74, 6) is 8.13. The largest absolute Gasteiger partial charge is 0.352 e. The molecule has 19 heteroatoms. The number of pyridine rings is 2. The van der Waals surface area contributed by atoms with Gasteiger partial charge in [0.1, 0.15) is 11.6 Å². The van der Waals surface area contributed by atoms with Crippen molar-refractivity contribution in [1.29, 1.82) is 0 Å². The Morgan fingerprint density at radius 2 is 0.873 bits per heavy atom. The number of hydrogen-bond donors (Lipinski definition) is 0. The Kier molecular flexibility index (Phi) is 61.7. The van der Waals surface area contributed by atoms with Crippen LogP contribution in [0.15, 0.2) is 259 Å². The maximum absolute atomic E-state index is 12.5. The molecule has 14 rings (SSSR count). The zero-order chi connectivity index (χ0) is 94.6. The highest BCUT2D eigenvalue weighted by Gasteiger charge is 2.08. The molecule has 9 nitrogen and oxygen atoms in total. The molecule has 126 heavy (non-hydrogen) atoms. The molecular formula is C107H144ClF2N9S7. The van der Waals surface area contributed by atoms with E-state index in [0.717, 1.165) is 37.0 Å². The minimum Gasteiger partial charge on any atom is -0.352 e. The zero-order valence-electron chi connectivity index (χ0n) is 80.4. The van der Waals surface area contributed by atoms with E-state index in [-0.39, 0.29) is 10.9 Å². The van der Waals surface area contributed by atoms with Crippen molar-refractivity contribution in [1.82, 2.24) is 33.9 Å². The third kappa shape index (κ3) is 53.7. The van der Waals surface area contributed by atoms with Gasteiger partial charge in [-0.05, 0) is 233 Å². The van der Waals surface area contributed by atoms with Crippen LogP contribution in [0.1, 0.15) is 351 Å². The van der Waals surface area contributed by atoms with Gasteiger partial charge in [-0.1, -0.05) is 288 Å². The molecule has 0 radical (unpaired) electrons. The topological polar surface area (TPSA) is 91.0 Å². The highest BCUT2D eigenvalue weighted by molar-refractivity contribution is 7.16. The first kappa shape index (κ1) is 115. The Bertz CT molecular complexity index is 4520. The number of rotatable bonds is 14. The number of aryl methyl sites for hydroxylation is 1. The normalized spacial score (nSPS) is 10.3. The van der Waals surface area contributed by atoms with Gasteiger partial charge >= 0.3 is 0 Å². The quantitative estimate of drug-likeness (QED) is 0.101. The maximum atomic E-state index is 12.5. The van der Waals surface area contributed by atoms with Crippen molar-refractivity contribution >= 4 is 102 Å². The Morgan fingerprint density at radius 3 is 1.17 bits per heavy atom. The molecule has 0 aliphatic heterocycles. The molecular weight excluding hydrogens is 1710 g/mol. The maximum Gasteiger partial charge on any atom is 0.241 e. The molecule has 0 saturated heterocycles. The summed E-state index contributed by atoms with van der Waals surface area (Å²) in [6.07, 6.45) is 13.2. The number of thiophene rings is 5. The van der Waals surface area contributed by atoms with Crippen molar-refractivity contribution in [3.05, 3.63) is 372 Å². The van der Waals surface area contributed by atoms with E-state index in [1.807, 2.05) is 143 Å². The van der Waals surface area contributed by atoms with Crippen molar-refractivity contribution in [2.24, 2.45) is 0 Å². The smallest absolute Gasteiger partial charge is 0.241 e. The SMILES string of the molecule is CC(C)c1ccc(Cl)s1.CC(C)c1ccc(F)s1.CC(C)c1cccc(F)c1.CC(C)c1ccccc1.CC(C)c1ccccn1.CC(C)c1cccnc1.CC(C)c1cccs1.CC(C)c1ccsn1.CC(C)c1cscn1.CC(C)c1ncccn1.CC(C)n1cccc1.Cc1ccc(C(C)C)s1.[C-]#[N+]c1ccc(C(C)C)s1.[C-]#[N+]c1cccc(C(C)C)c1. The van der Waals surface area contributed by atoms with Gasteiger partial charge in [0.05, 0.1) is 34.4 Å². The van der Waals surface area contributed by atoms with Crippen molar-refractivity contribution in [3.63, 3.8) is 0 Å². The van der Waals surface area contributed by atoms with E-state index >= 15 is 0 Å². The summed E-state index contributed by atoms with van der Waals surface area (Å²) in [6.45, 7) is 75.8. The molecule has 0 N–H and O–H groups in total. The van der Waals surface area contributed by atoms with Gasteiger partial charge in [0.2, 0.25) is 5.00 Å². The molecule has 0 unspecified atom stereocenters. The lowest BCUT2D eigenvalue weighted by Gasteiger charge is -2.03. The Labute approximate surface area is 793 Å². The summed E-state index contributed by atoms with van der Waals surface area (Å²) in [4.78, 5) is 35.3. The lowest BCUT2D eigenvalue weighted by atomic mass is 10.0. The third-order valence-corrected chi connectivity index (χ3v) is 25.4. The molecule has 0 spiro atoms. The van der Waals surface area contributed by atoms with Crippen molar-refractivity contribution in [2.75, 3.05) is 0 Å². The van der Waals surface area contributed by atoms with Crippen LogP contribution >= 0.6 is 91.2 Å². The van der Waals surface area contributed by atoms with E-state index < -0.39 is 0 Å². The van der Waals surface area contributed by atoms with Gasteiger partial charge in [0.25, 0.3) is 0 Å². The summed E-state index contributed by atoms with van der Waals surface area (Å²) in [6, 6.07) is 63.6. The number of benzene rings is 3. The fourth-order valence-corrected chi connectivity index (χ4v) is 15.4. The summed E-state index contributed by atoms with van der Waals surface area (Å²) in [5.41, 5.74) is 11.2. The number of thiazole rings is 1. The second kappa shape index (κ2) is 67.5. The Balaban J connectivity index is 0.000000679. The summed E-state index contributed by atoms with van der Waals surface area (Å²) < 4.78 is 32.0. The van der Waals surface area contributed by atoms with Crippen LogP contribution in [0.4, 0.5) is 19.5 Å². The van der Waals surface area contributed by atoms with E-state index in [0.29, 0.717) is 83.0 Å². The van der Waals surface area contributed by atoms with Crippen LogP contribution in [0.5, 0.6) is 0 Å². The lowest BCUT2D eigenvalue weighted by Crippen LogP contribution is -1.94. The molecule has 680 valence electrons. The molecule has 14 aromatic rings. The minimum atomic E-state index is -0.147. The summed E-state index contributed by atoms with van der Waals surface area (Å²) in [7, 11) is 0. The van der Waals surface area contributed by atoms with Crippen LogP contribution in [-0.2, 0) is 0 Å². The van der Waals surface area contributed by atoms with Gasteiger partial charge < -0.3 is 4.57 Å². The van der Waals surface area contributed by atoms with Gasteiger partial charge in [-0.2, -0.15) is 20.1 Å². The van der Waals surface area contributed by atoms with Gasteiger partial charge in [-0.3, -0.25) is 9.97 Å². The van der Waals surface area contributed by atoms with Gasteiger partial charge in [-0.25, -0.2) is 29.0 Å². The van der Waals surface area contributed by atoms with Gasteiger partial charge in [-0.15, -0.1) is 56.7 Å². The highest BCUT2D eigenvalue weighted by atomic mass is 35.5. The van der Waals surface area contributed by atoms with Gasteiger partial charge in [0, 0.05) is 96.2 Å². The van der Waals surface area contributed by atoms with Crippen LogP contribution in [0, 0.1) is 31.0 Å². The summed E-state index contributed by atoms with van der Waals surface area (Å²) >= 11 is 17.1. The number of nitrogens with zero attached hydrogens (tertiary/aromatic N) is 9. The second-order valence-electron chi connectivity index (χ2n) is 33.4. The molecule has 3 aromatic carbocycles. The van der Waals surface area contributed by atoms with E-state index in [1.54, 1.807) is 64.7 Å². The number of aromatic nitrogens is 7. The van der Waals surface area contributed by atoms with Gasteiger partial charge in [0.15, 0.2) is 10.8 Å². The zero-order valence-corrected chi connectivity index (χ0v) is 86.9. The molecule has 0 bridgehead atoms. The molecule has 11 heterocycles. The molecule has 0 aliphatic carbocycles. The lowest BCUT2D eigenvalue weighted by molar-refractivity contribution is 0.604. The first-order valence-corrected chi connectivity index (χ1v) is 49.8. The average Bonchev–Trinajstić information content (AvgIpc) is 1.85. The monoisotopic (exact) mass is 1850 g/mol. The minimum absolute atomic E-state index is 0.0845. The van der Waals surface area contributed by atoms with Crippen molar-refractivity contribution in [2.45, 2.75) is 284 Å². The third-order valence-electron chi connectivity index (χ3n) is 17.8. The summed E-state index contributed by atoms with van der Waals surface area (Å²) in [5, 5.41) is 6.93. The number of halogens is 3. The van der Waals surface area contributed by atoms with Crippen LogP contribution in [0.2, 0.25) is 4.34 Å². The predicted octanol–water partition coefficient (Wildman–Crippen LogP) is 37.7. The molecule has 0 amide bonds. The molecule has 0 atom stereocenters.